The van der Waals surface area contributed by atoms with Crippen LogP contribution < -0.4 is 5.32 Å². The minimum absolute atomic E-state index is 0.0362. The Labute approximate surface area is 108 Å². The van der Waals surface area contributed by atoms with Crippen molar-refractivity contribution in [2.75, 3.05) is 38.9 Å². The molecule has 18 heavy (non-hydrogen) atoms. The highest BCUT2D eigenvalue weighted by atomic mass is 32.2. The van der Waals surface area contributed by atoms with Crippen molar-refractivity contribution in [1.82, 2.24) is 5.32 Å². The average molecular weight is 279 g/mol. The van der Waals surface area contributed by atoms with E-state index in [2.05, 4.69) is 10.1 Å². The predicted molar refractivity (Wildman–Crippen MR) is 67.1 cm³/mol. The molecule has 1 heterocycles. The molecule has 0 amide bonds. The molecule has 6 nitrogen and oxygen atoms in total. The lowest BCUT2D eigenvalue weighted by Crippen LogP contribution is -2.40. The van der Waals surface area contributed by atoms with Gasteiger partial charge in [0.05, 0.1) is 31.6 Å². The van der Waals surface area contributed by atoms with Crippen LogP contribution in [0.2, 0.25) is 0 Å². The van der Waals surface area contributed by atoms with Gasteiger partial charge in [-0.1, -0.05) is 0 Å². The van der Waals surface area contributed by atoms with E-state index in [4.69, 9.17) is 4.74 Å². The highest BCUT2D eigenvalue weighted by molar-refractivity contribution is 7.91. The summed E-state index contributed by atoms with van der Waals surface area (Å²) >= 11 is 0. The van der Waals surface area contributed by atoms with Crippen molar-refractivity contribution in [2.24, 2.45) is 5.92 Å². The molecule has 1 N–H and O–H groups in total. The Morgan fingerprint density at radius 2 is 2.28 bits per heavy atom. The van der Waals surface area contributed by atoms with Gasteiger partial charge in [-0.05, 0) is 13.5 Å². The standard InChI is InChI=1S/C11H21NO5S/c1-12-10(9-3-5-17-7-9)8-18(14,15)6-4-11(13)16-2/h9-10,12H,3-8H2,1-2H3. The lowest BCUT2D eigenvalue weighted by molar-refractivity contribution is -0.140. The van der Waals surface area contributed by atoms with Crippen LogP contribution in [0.3, 0.4) is 0 Å². The maximum absolute atomic E-state index is 11.9. The number of carbonyl (C=O) groups is 1. The van der Waals surface area contributed by atoms with Gasteiger partial charge in [0.1, 0.15) is 0 Å². The van der Waals surface area contributed by atoms with Gasteiger partial charge in [0.25, 0.3) is 0 Å². The lowest BCUT2D eigenvalue weighted by Gasteiger charge is -2.21. The minimum atomic E-state index is -3.25. The molecule has 1 aliphatic rings. The number of sulfone groups is 1. The number of nitrogens with one attached hydrogen (secondary N) is 1. The zero-order chi connectivity index (χ0) is 13.6. The van der Waals surface area contributed by atoms with Gasteiger partial charge in [-0.3, -0.25) is 4.79 Å². The quantitative estimate of drug-likeness (QED) is 0.638. The van der Waals surface area contributed by atoms with Gasteiger partial charge in [-0.25, -0.2) is 8.42 Å². The van der Waals surface area contributed by atoms with E-state index in [-0.39, 0.29) is 29.9 Å². The first-order valence-corrected chi connectivity index (χ1v) is 7.83. The number of carbonyl (C=O) groups excluding carboxylic acids is 1. The molecule has 0 radical (unpaired) electrons. The topological polar surface area (TPSA) is 81.7 Å². The van der Waals surface area contributed by atoms with Gasteiger partial charge in [0.15, 0.2) is 9.84 Å². The van der Waals surface area contributed by atoms with Gasteiger partial charge in [-0.15, -0.1) is 0 Å². The van der Waals surface area contributed by atoms with Gasteiger partial charge >= 0.3 is 5.97 Å². The van der Waals surface area contributed by atoms with E-state index >= 15 is 0 Å². The summed E-state index contributed by atoms with van der Waals surface area (Å²) in [5.74, 6) is -0.397. The van der Waals surface area contributed by atoms with Crippen LogP contribution in [-0.4, -0.2) is 59.3 Å². The second kappa shape index (κ2) is 7.06. The van der Waals surface area contributed by atoms with Crippen LogP contribution in [0.5, 0.6) is 0 Å². The average Bonchev–Trinajstić information content (AvgIpc) is 2.87. The van der Waals surface area contributed by atoms with Crippen LogP contribution in [0, 0.1) is 5.92 Å². The van der Waals surface area contributed by atoms with E-state index in [9.17, 15) is 13.2 Å². The SMILES string of the molecule is CNC(CS(=O)(=O)CCC(=O)OC)C1CCOC1. The first kappa shape index (κ1) is 15.4. The van der Waals surface area contributed by atoms with Crippen LogP contribution in [-0.2, 0) is 24.1 Å². The molecule has 0 aromatic rings. The third-order valence-electron chi connectivity index (χ3n) is 3.18. The van der Waals surface area contributed by atoms with E-state index in [1.165, 1.54) is 7.11 Å². The predicted octanol–water partition coefficient (Wildman–Crippen LogP) is -0.411. The van der Waals surface area contributed by atoms with Crippen molar-refractivity contribution in [3.05, 3.63) is 0 Å². The van der Waals surface area contributed by atoms with Crippen molar-refractivity contribution in [3.63, 3.8) is 0 Å². The van der Waals surface area contributed by atoms with Gasteiger partial charge < -0.3 is 14.8 Å². The normalized spacial score (nSPS) is 21.8. The second-order valence-electron chi connectivity index (χ2n) is 4.46. The Bertz CT molecular complexity index is 362. The maximum Gasteiger partial charge on any atom is 0.306 e. The first-order valence-electron chi connectivity index (χ1n) is 6.00. The number of hydrogen-bond donors (Lipinski definition) is 1. The molecule has 106 valence electrons. The molecule has 1 rings (SSSR count). The fraction of sp³-hybridized carbons (Fsp3) is 0.909. The molecule has 1 fully saturated rings. The fourth-order valence-corrected chi connectivity index (χ4v) is 3.65. The molecule has 1 saturated heterocycles. The summed E-state index contributed by atoms with van der Waals surface area (Å²) in [7, 11) is -0.254. The zero-order valence-corrected chi connectivity index (χ0v) is 11.7. The smallest absolute Gasteiger partial charge is 0.306 e. The number of hydrogen-bond acceptors (Lipinski definition) is 6. The third kappa shape index (κ3) is 4.91. The minimum Gasteiger partial charge on any atom is -0.469 e. The van der Waals surface area contributed by atoms with Crippen LogP contribution in [0.4, 0.5) is 0 Å². The molecule has 0 aromatic carbocycles. The highest BCUT2D eigenvalue weighted by Gasteiger charge is 2.29. The second-order valence-corrected chi connectivity index (χ2v) is 6.69. The molecule has 0 aliphatic carbocycles. The Hall–Kier alpha value is -0.660. The number of esters is 1. The Kier molecular flexibility index (Phi) is 6.04. The summed E-state index contributed by atoms with van der Waals surface area (Å²) in [6, 6.07) is -0.116. The number of methoxy groups -OCH3 is 1. The number of ether oxygens (including phenoxy) is 2. The van der Waals surface area contributed by atoms with E-state index < -0.39 is 15.8 Å². The molecule has 2 atom stereocenters. The molecular weight excluding hydrogens is 258 g/mol. The summed E-state index contributed by atoms with van der Waals surface area (Å²) in [5, 5.41) is 3.03. The Morgan fingerprint density at radius 1 is 1.56 bits per heavy atom. The maximum atomic E-state index is 11.9. The zero-order valence-electron chi connectivity index (χ0n) is 10.8. The van der Waals surface area contributed by atoms with E-state index in [0.29, 0.717) is 13.2 Å². The summed E-state index contributed by atoms with van der Waals surface area (Å²) < 4.78 is 33.5. The van der Waals surface area contributed by atoms with E-state index in [1.807, 2.05) is 0 Å². The van der Waals surface area contributed by atoms with Crippen LogP contribution >= 0.6 is 0 Å². The Morgan fingerprint density at radius 3 is 2.78 bits per heavy atom. The highest BCUT2D eigenvalue weighted by Crippen LogP contribution is 2.18. The van der Waals surface area contributed by atoms with E-state index in [0.717, 1.165) is 6.42 Å². The van der Waals surface area contributed by atoms with Crippen molar-refractivity contribution in [2.45, 2.75) is 18.9 Å². The van der Waals surface area contributed by atoms with Crippen LogP contribution in [0.15, 0.2) is 0 Å². The summed E-state index contributed by atoms with van der Waals surface area (Å²) in [5.41, 5.74) is 0. The van der Waals surface area contributed by atoms with Gasteiger partial charge in [0.2, 0.25) is 0 Å². The molecule has 0 spiro atoms. The van der Waals surface area contributed by atoms with Crippen molar-refractivity contribution < 1.29 is 22.7 Å². The monoisotopic (exact) mass is 279 g/mol. The lowest BCUT2D eigenvalue weighted by atomic mass is 10.0. The fourth-order valence-electron chi connectivity index (χ4n) is 2.02. The molecule has 0 saturated carbocycles. The molecule has 7 heteroatoms. The number of rotatable bonds is 7. The van der Waals surface area contributed by atoms with Crippen molar-refractivity contribution in [3.8, 4) is 0 Å². The van der Waals surface area contributed by atoms with E-state index in [1.54, 1.807) is 7.05 Å². The third-order valence-corrected chi connectivity index (χ3v) is 4.88. The molecule has 1 aliphatic heterocycles. The molecule has 0 aromatic heterocycles. The van der Waals surface area contributed by atoms with Crippen LogP contribution in [0.1, 0.15) is 12.8 Å². The molecule has 0 bridgehead atoms. The van der Waals surface area contributed by atoms with Gasteiger partial charge in [0, 0.05) is 18.6 Å². The van der Waals surface area contributed by atoms with Crippen LogP contribution in [0.25, 0.3) is 0 Å². The Balaban J connectivity index is 2.48. The summed E-state index contributed by atoms with van der Waals surface area (Å²) in [6.45, 7) is 1.28. The summed E-state index contributed by atoms with van der Waals surface area (Å²) in [6.07, 6.45) is 0.786. The first-order chi connectivity index (χ1) is 8.48. The summed E-state index contributed by atoms with van der Waals surface area (Å²) in [4.78, 5) is 10.9. The molecular formula is C11H21NO5S. The molecule has 2 unspecified atom stereocenters. The van der Waals surface area contributed by atoms with Crippen molar-refractivity contribution >= 4 is 15.8 Å². The largest absolute Gasteiger partial charge is 0.469 e. The van der Waals surface area contributed by atoms with Crippen molar-refractivity contribution in [1.29, 1.82) is 0 Å². The van der Waals surface area contributed by atoms with Gasteiger partial charge in [-0.2, -0.15) is 0 Å².